The van der Waals surface area contributed by atoms with Crippen LogP contribution < -0.4 is 5.01 Å². The molecule has 0 atom stereocenters. The molecule has 12 nitrogen and oxygen atoms in total. The van der Waals surface area contributed by atoms with Crippen molar-refractivity contribution in [2.75, 3.05) is 84.3 Å². The van der Waals surface area contributed by atoms with Gasteiger partial charge in [-0.3, -0.25) is 9.80 Å². The van der Waals surface area contributed by atoms with Gasteiger partial charge < -0.3 is 29.0 Å². The Bertz CT molecular complexity index is 1410. The van der Waals surface area contributed by atoms with Gasteiger partial charge in [0.25, 0.3) is 0 Å². The third kappa shape index (κ3) is 6.47. The van der Waals surface area contributed by atoms with Crippen LogP contribution in [-0.2, 0) is 19.0 Å². The number of benzene rings is 1. The molecule has 2 aromatic heterocycles. The fraction of sp³-hybridized carbons (Fsp3) is 0.548. The second-order valence-corrected chi connectivity index (χ2v) is 11.9. The SMILES string of the molecule is CCCN(c1nccc(-c2[nH]c(C3OCC(C)(C(=O)N4CCN(C)CC4)CO3)nc2-c2ccc(F)cc2)n1)N1CCOCC1. The van der Waals surface area contributed by atoms with E-state index in [0.717, 1.165) is 39.1 Å². The summed E-state index contributed by atoms with van der Waals surface area (Å²) in [5.74, 6) is 0.740. The van der Waals surface area contributed by atoms with Crippen LogP contribution in [0, 0.1) is 11.2 Å². The van der Waals surface area contributed by atoms with Gasteiger partial charge in [-0.05, 0) is 50.7 Å². The second-order valence-electron chi connectivity index (χ2n) is 11.9. The molecule has 0 spiro atoms. The van der Waals surface area contributed by atoms with Crippen LogP contribution in [0.4, 0.5) is 10.3 Å². The fourth-order valence-electron chi connectivity index (χ4n) is 5.77. The zero-order valence-electron chi connectivity index (χ0n) is 25.7. The first-order valence-corrected chi connectivity index (χ1v) is 15.3. The number of aromatic nitrogens is 4. The number of H-pyrrole nitrogens is 1. The molecule has 44 heavy (non-hydrogen) atoms. The van der Waals surface area contributed by atoms with Gasteiger partial charge in [0.05, 0.1) is 48.9 Å². The number of hydrogen-bond acceptors (Lipinski definition) is 10. The highest BCUT2D eigenvalue weighted by Gasteiger charge is 2.43. The molecule has 0 aliphatic carbocycles. The van der Waals surface area contributed by atoms with Crippen molar-refractivity contribution in [2.24, 2.45) is 5.41 Å². The topological polar surface area (TPSA) is 112 Å². The Morgan fingerprint density at radius 2 is 1.75 bits per heavy atom. The molecule has 0 unspecified atom stereocenters. The molecule has 1 aromatic carbocycles. The van der Waals surface area contributed by atoms with Crippen LogP contribution in [0.5, 0.6) is 0 Å². The minimum atomic E-state index is -0.803. The number of piperazine rings is 1. The number of amides is 1. The smallest absolute Gasteiger partial charge is 0.240 e. The number of imidazole rings is 1. The highest BCUT2D eigenvalue weighted by Crippen LogP contribution is 2.36. The third-order valence-electron chi connectivity index (χ3n) is 8.37. The number of rotatable bonds is 8. The lowest BCUT2D eigenvalue weighted by Gasteiger charge is -2.41. The van der Waals surface area contributed by atoms with Crippen LogP contribution in [0.3, 0.4) is 0 Å². The largest absolute Gasteiger partial charge is 0.379 e. The quantitative estimate of drug-likeness (QED) is 0.410. The first-order chi connectivity index (χ1) is 21.3. The van der Waals surface area contributed by atoms with Crippen molar-refractivity contribution in [2.45, 2.75) is 26.6 Å². The van der Waals surface area contributed by atoms with Gasteiger partial charge >= 0.3 is 0 Å². The number of hydrogen-bond donors (Lipinski definition) is 1. The van der Waals surface area contributed by atoms with E-state index >= 15 is 0 Å². The first-order valence-electron chi connectivity index (χ1n) is 15.3. The van der Waals surface area contributed by atoms with E-state index in [2.05, 4.69) is 38.9 Å². The van der Waals surface area contributed by atoms with E-state index in [0.29, 0.717) is 60.7 Å². The van der Waals surface area contributed by atoms with E-state index in [4.69, 9.17) is 24.2 Å². The van der Waals surface area contributed by atoms with Gasteiger partial charge in [-0.1, -0.05) is 6.92 Å². The van der Waals surface area contributed by atoms with E-state index in [1.807, 2.05) is 17.9 Å². The number of anilines is 1. The minimum absolute atomic E-state index is 0.0431. The monoisotopic (exact) mass is 608 g/mol. The molecule has 0 bridgehead atoms. The molecule has 1 N–H and O–H groups in total. The van der Waals surface area contributed by atoms with Gasteiger partial charge in [-0.25, -0.2) is 24.4 Å². The van der Waals surface area contributed by atoms with Gasteiger partial charge in [-0.15, -0.1) is 0 Å². The summed E-state index contributed by atoms with van der Waals surface area (Å²) in [4.78, 5) is 35.3. The molecule has 6 rings (SSSR count). The summed E-state index contributed by atoms with van der Waals surface area (Å²) in [6, 6.07) is 8.01. The van der Waals surface area contributed by atoms with Crippen molar-refractivity contribution >= 4 is 11.9 Å². The molecule has 3 fully saturated rings. The van der Waals surface area contributed by atoms with Crippen LogP contribution in [0.2, 0.25) is 0 Å². The van der Waals surface area contributed by atoms with Crippen LogP contribution in [0.15, 0.2) is 36.5 Å². The van der Waals surface area contributed by atoms with Gasteiger partial charge in [0.15, 0.2) is 5.82 Å². The summed E-state index contributed by atoms with van der Waals surface area (Å²) in [7, 11) is 2.06. The molecule has 3 aliphatic rings. The standard InChI is InChI=1S/C31H41FN8O4/c1-4-11-40(39-16-18-42-19-17-39)30-33-10-9-24(34-30)26-25(22-5-7-23(32)8-6-22)35-27(36-26)28-43-20-31(2,21-44-28)29(41)38-14-12-37(3)13-15-38/h5-10,28H,4,11-21H2,1-3H3,(H,35,36). The maximum absolute atomic E-state index is 13.9. The Morgan fingerprint density at radius 3 is 2.43 bits per heavy atom. The number of morpholine rings is 1. The van der Waals surface area contributed by atoms with E-state index < -0.39 is 11.7 Å². The van der Waals surface area contributed by atoms with Crippen LogP contribution >= 0.6 is 0 Å². The second kappa shape index (κ2) is 13.2. The van der Waals surface area contributed by atoms with Crippen molar-refractivity contribution in [3.63, 3.8) is 0 Å². The summed E-state index contributed by atoms with van der Waals surface area (Å²) >= 11 is 0. The minimum Gasteiger partial charge on any atom is -0.379 e. The molecule has 3 aliphatic heterocycles. The van der Waals surface area contributed by atoms with E-state index in [1.165, 1.54) is 12.1 Å². The molecule has 3 aromatic rings. The molecule has 5 heterocycles. The van der Waals surface area contributed by atoms with Crippen LogP contribution in [0.1, 0.15) is 32.4 Å². The lowest BCUT2D eigenvalue weighted by Crippen LogP contribution is -2.55. The predicted molar refractivity (Wildman–Crippen MR) is 162 cm³/mol. The summed E-state index contributed by atoms with van der Waals surface area (Å²) < 4.78 is 31.7. The number of carbonyl (C=O) groups excluding carboxylic acids is 1. The molecule has 1 amide bonds. The third-order valence-corrected chi connectivity index (χ3v) is 8.37. The van der Waals surface area contributed by atoms with E-state index in [1.54, 1.807) is 18.3 Å². The van der Waals surface area contributed by atoms with E-state index in [-0.39, 0.29) is 24.9 Å². The van der Waals surface area contributed by atoms with Crippen LogP contribution in [0.25, 0.3) is 22.6 Å². The Kier molecular flexibility index (Phi) is 9.19. The van der Waals surface area contributed by atoms with Crippen molar-refractivity contribution in [1.82, 2.24) is 34.7 Å². The van der Waals surface area contributed by atoms with Crippen molar-refractivity contribution in [3.05, 3.63) is 48.2 Å². The number of nitrogens with one attached hydrogen (secondary N) is 1. The fourth-order valence-corrected chi connectivity index (χ4v) is 5.77. The molecular formula is C31H41FN8O4. The Morgan fingerprint density at radius 1 is 1.05 bits per heavy atom. The molecule has 13 heteroatoms. The summed E-state index contributed by atoms with van der Waals surface area (Å²) in [5, 5.41) is 4.32. The molecular weight excluding hydrogens is 567 g/mol. The summed E-state index contributed by atoms with van der Waals surface area (Å²) in [6.07, 6.45) is 1.85. The highest BCUT2D eigenvalue weighted by atomic mass is 19.1. The lowest BCUT2D eigenvalue weighted by molar-refractivity contribution is -0.234. The van der Waals surface area contributed by atoms with Gasteiger partial charge in [0, 0.05) is 57.6 Å². The average Bonchev–Trinajstić information content (AvgIpc) is 3.50. The normalized spacial score (nSPS) is 23.5. The van der Waals surface area contributed by atoms with Crippen LogP contribution in [-0.4, -0.2) is 120 Å². The Labute approximate surface area is 257 Å². The number of aromatic amines is 1. The number of likely N-dealkylation sites (N-methyl/N-ethyl adjacent to an activating group) is 1. The zero-order chi connectivity index (χ0) is 30.7. The predicted octanol–water partition coefficient (Wildman–Crippen LogP) is 2.96. The average molecular weight is 609 g/mol. The number of hydrazine groups is 1. The Balaban J connectivity index is 1.27. The maximum Gasteiger partial charge on any atom is 0.240 e. The zero-order valence-corrected chi connectivity index (χ0v) is 25.7. The van der Waals surface area contributed by atoms with E-state index in [9.17, 15) is 9.18 Å². The molecule has 0 saturated carbocycles. The first kappa shape index (κ1) is 30.5. The van der Waals surface area contributed by atoms with Crippen molar-refractivity contribution in [1.29, 1.82) is 0 Å². The number of halogens is 1. The van der Waals surface area contributed by atoms with Crippen molar-refractivity contribution < 1.29 is 23.4 Å². The molecule has 3 saturated heterocycles. The maximum atomic E-state index is 13.9. The van der Waals surface area contributed by atoms with Gasteiger partial charge in [-0.2, -0.15) is 0 Å². The number of ether oxygens (including phenoxy) is 3. The van der Waals surface area contributed by atoms with Gasteiger partial charge in [0.1, 0.15) is 5.82 Å². The highest BCUT2D eigenvalue weighted by molar-refractivity contribution is 5.83. The molecule has 0 radical (unpaired) electrons. The summed E-state index contributed by atoms with van der Waals surface area (Å²) in [6.45, 7) is 11.1. The Hall–Kier alpha value is -3.49. The number of nitrogens with zero attached hydrogens (tertiary/aromatic N) is 7. The van der Waals surface area contributed by atoms with Gasteiger partial charge in [0.2, 0.25) is 18.1 Å². The van der Waals surface area contributed by atoms with Crippen molar-refractivity contribution in [3.8, 4) is 22.6 Å². The summed E-state index contributed by atoms with van der Waals surface area (Å²) in [5.41, 5.74) is 1.79. The lowest BCUT2D eigenvalue weighted by atomic mass is 9.90. The number of carbonyl (C=O) groups is 1. The molecule has 236 valence electrons.